The predicted molar refractivity (Wildman–Crippen MR) is 83.4 cm³/mol. The molecule has 0 spiro atoms. The minimum Gasteiger partial charge on any atom is -0.481 e. The number of carbonyl (C=O) groups is 1. The highest BCUT2D eigenvalue weighted by Crippen LogP contribution is 2.35. The van der Waals surface area contributed by atoms with Gasteiger partial charge in [0, 0.05) is 11.1 Å². The summed E-state index contributed by atoms with van der Waals surface area (Å²) in [6.07, 6.45) is 3.36. The fraction of sp³-hybridized carbons (Fsp3) is 0.125. The van der Waals surface area contributed by atoms with Crippen molar-refractivity contribution in [3.63, 3.8) is 0 Å². The minimum absolute atomic E-state index is 0.0780. The zero-order chi connectivity index (χ0) is 15.6. The molecular weight excluding hydrogens is 284 g/mol. The van der Waals surface area contributed by atoms with Gasteiger partial charge in [0.1, 0.15) is 0 Å². The van der Waals surface area contributed by atoms with Crippen LogP contribution in [-0.4, -0.2) is 15.5 Å². The van der Waals surface area contributed by atoms with Gasteiger partial charge in [-0.1, -0.05) is 31.0 Å². The van der Waals surface area contributed by atoms with Crippen molar-refractivity contribution in [2.45, 2.75) is 18.4 Å². The van der Waals surface area contributed by atoms with Crippen LogP contribution in [0.2, 0.25) is 0 Å². The summed E-state index contributed by atoms with van der Waals surface area (Å²) in [5.74, 6) is -0.896. The SMILES string of the molecule is C=CC(=C)Sc1c(C)c(CC(=O)O)c2cc(C#N)ccn12. The molecule has 0 bridgehead atoms. The number of aromatic nitrogens is 1. The van der Waals surface area contributed by atoms with Crippen LogP contribution in [0.15, 0.2) is 47.5 Å². The first-order valence-electron chi connectivity index (χ1n) is 6.22. The maximum absolute atomic E-state index is 11.1. The van der Waals surface area contributed by atoms with E-state index in [-0.39, 0.29) is 6.42 Å². The molecule has 0 saturated heterocycles. The molecule has 4 nitrogen and oxygen atoms in total. The highest BCUT2D eigenvalue weighted by atomic mass is 32.2. The molecule has 0 aromatic carbocycles. The Labute approximate surface area is 127 Å². The molecule has 2 heterocycles. The number of fused-ring (bicyclic) bond motifs is 1. The third-order valence-corrected chi connectivity index (χ3v) is 4.29. The summed E-state index contributed by atoms with van der Waals surface area (Å²) in [4.78, 5) is 11.9. The molecule has 0 amide bonds. The summed E-state index contributed by atoms with van der Waals surface area (Å²) in [5, 5.41) is 19.0. The van der Waals surface area contributed by atoms with Gasteiger partial charge in [-0.15, -0.1) is 0 Å². The summed E-state index contributed by atoms with van der Waals surface area (Å²) < 4.78 is 1.90. The number of carboxylic acid groups (broad SMARTS) is 1. The lowest BCUT2D eigenvalue weighted by molar-refractivity contribution is -0.136. The maximum atomic E-state index is 11.1. The number of carboxylic acids is 1. The smallest absolute Gasteiger partial charge is 0.307 e. The molecule has 2 aromatic heterocycles. The van der Waals surface area contributed by atoms with Crippen LogP contribution in [-0.2, 0) is 11.2 Å². The van der Waals surface area contributed by atoms with Gasteiger partial charge in [-0.25, -0.2) is 0 Å². The van der Waals surface area contributed by atoms with E-state index in [1.54, 1.807) is 24.4 Å². The lowest BCUT2D eigenvalue weighted by atomic mass is 10.1. The van der Waals surface area contributed by atoms with Crippen molar-refractivity contribution in [1.82, 2.24) is 4.40 Å². The van der Waals surface area contributed by atoms with E-state index >= 15 is 0 Å². The minimum atomic E-state index is -0.896. The molecule has 0 aliphatic rings. The first-order chi connectivity index (χ1) is 9.97. The van der Waals surface area contributed by atoms with Gasteiger partial charge in [0.25, 0.3) is 0 Å². The highest BCUT2D eigenvalue weighted by Gasteiger charge is 2.18. The van der Waals surface area contributed by atoms with Crippen molar-refractivity contribution in [2.24, 2.45) is 0 Å². The second kappa shape index (κ2) is 5.90. The summed E-state index contributed by atoms with van der Waals surface area (Å²) in [6.45, 7) is 9.45. The van der Waals surface area contributed by atoms with Crippen LogP contribution in [0.25, 0.3) is 5.52 Å². The van der Waals surface area contributed by atoms with Crippen LogP contribution >= 0.6 is 11.8 Å². The van der Waals surface area contributed by atoms with Crippen LogP contribution in [0.5, 0.6) is 0 Å². The average molecular weight is 298 g/mol. The zero-order valence-corrected chi connectivity index (χ0v) is 12.4. The standard InChI is InChI=1S/C16H14N2O2S/c1-4-10(2)21-16-11(3)13(8-15(19)20)14-7-12(9-17)5-6-18(14)16/h4-7H,1-2,8H2,3H3,(H,19,20). The molecule has 0 unspecified atom stereocenters. The number of allylic oxidation sites excluding steroid dienone is 1. The van der Waals surface area contributed by atoms with E-state index < -0.39 is 5.97 Å². The Morgan fingerprint density at radius 3 is 2.90 bits per heavy atom. The van der Waals surface area contributed by atoms with Gasteiger partial charge in [-0.2, -0.15) is 5.26 Å². The monoisotopic (exact) mass is 298 g/mol. The van der Waals surface area contributed by atoms with Crippen molar-refractivity contribution in [3.8, 4) is 6.07 Å². The summed E-state index contributed by atoms with van der Waals surface area (Å²) >= 11 is 1.44. The molecule has 0 saturated carbocycles. The molecular formula is C16H14N2O2S. The molecule has 21 heavy (non-hydrogen) atoms. The van der Waals surface area contributed by atoms with Crippen LogP contribution in [0.4, 0.5) is 0 Å². The third kappa shape index (κ3) is 2.86. The van der Waals surface area contributed by atoms with Crippen molar-refractivity contribution >= 4 is 23.2 Å². The van der Waals surface area contributed by atoms with Gasteiger partial charge in [0.15, 0.2) is 0 Å². The average Bonchev–Trinajstić information content (AvgIpc) is 2.71. The van der Waals surface area contributed by atoms with Gasteiger partial charge in [-0.3, -0.25) is 4.79 Å². The Hall–Kier alpha value is -2.45. The summed E-state index contributed by atoms with van der Waals surface area (Å²) in [6, 6.07) is 5.50. The number of aliphatic carboxylic acids is 1. The number of nitriles is 1. The van der Waals surface area contributed by atoms with Crippen LogP contribution in [0, 0.1) is 18.3 Å². The van der Waals surface area contributed by atoms with Gasteiger partial charge in [0.05, 0.1) is 28.6 Å². The van der Waals surface area contributed by atoms with Gasteiger partial charge in [-0.05, 0) is 30.2 Å². The molecule has 0 aliphatic carbocycles. The van der Waals surface area contributed by atoms with Crippen molar-refractivity contribution < 1.29 is 9.90 Å². The van der Waals surface area contributed by atoms with E-state index in [1.807, 2.05) is 11.3 Å². The number of hydrogen-bond donors (Lipinski definition) is 1. The molecule has 0 atom stereocenters. The number of hydrogen-bond acceptors (Lipinski definition) is 3. The van der Waals surface area contributed by atoms with Crippen molar-refractivity contribution in [2.75, 3.05) is 0 Å². The second-order valence-corrected chi connectivity index (χ2v) is 5.65. The quantitative estimate of drug-likeness (QED) is 0.677. The summed E-state index contributed by atoms with van der Waals surface area (Å²) in [5.41, 5.74) is 2.86. The first kappa shape index (κ1) is 14.9. The highest BCUT2D eigenvalue weighted by molar-refractivity contribution is 8.03. The van der Waals surface area contributed by atoms with E-state index in [0.29, 0.717) is 5.56 Å². The molecule has 106 valence electrons. The Balaban J connectivity index is 2.71. The Morgan fingerprint density at radius 2 is 2.33 bits per heavy atom. The van der Waals surface area contributed by atoms with E-state index in [4.69, 9.17) is 10.4 Å². The van der Waals surface area contributed by atoms with Crippen molar-refractivity contribution in [3.05, 3.63) is 59.2 Å². The maximum Gasteiger partial charge on any atom is 0.307 e. The van der Waals surface area contributed by atoms with E-state index in [1.165, 1.54) is 11.8 Å². The Morgan fingerprint density at radius 1 is 1.62 bits per heavy atom. The van der Waals surface area contributed by atoms with Gasteiger partial charge in [0.2, 0.25) is 0 Å². The van der Waals surface area contributed by atoms with Gasteiger partial charge >= 0.3 is 5.97 Å². The molecule has 1 N–H and O–H groups in total. The lowest BCUT2D eigenvalue weighted by Crippen LogP contribution is -2.01. The number of pyridine rings is 1. The predicted octanol–water partition coefficient (Wildman–Crippen LogP) is 3.54. The molecule has 2 rings (SSSR count). The largest absolute Gasteiger partial charge is 0.481 e. The second-order valence-electron chi connectivity index (χ2n) is 4.53. The van der Waals surface area contributed by atoms with Gasteiger partial charge < -0.3 is 9.51 Å². The van der Waals surface area contributed by atoms with E-state index in [0.717, 1.165) is 26.6 Å². The normalized spacial score (nSPS) is 10.3. The lowest BCUT2D eigenvalue weighted by Gasteiger charge is -2.03. The third-order valence-electron chi connectivity index (χ3n) is 3.17. The molecule has 2 aromatic rings. The first-order valence-corrected chi connectivity index (χ1v) is 7.04. The van der Waals surface area contributed by atoms with Crippen molar-refractivity contribution in [1.29, 1.82) is 5.26 Å². The molecule has 0 fully saturated rings. The Kier molecular flexibility index (Phi) is 4.20. The van der Waals surface area contributed by atoms with E-state index in [9.17, 15) is 4.79 Å². The topological polar surface area (TPSA) is 65.5 Å². The fourth-order valence-electron chi connectivity index (χ4n) is 2.15. The molecule has 5 heteroatoms. The Bertz CT molecular complexity index is 797. The van der Waals surface area contributed by atoms with Crippen LogP contribution in [0.3, 0.4) is 0 Å². The zero-order valence-electron chi connectivity index (χ0n) is 11.6. The molecule has 0 radical (unpaired) electrons. The summed E-state index contributed by atoms with van der Waals surface area (Å²) in [7, 11) is 0. The molecule has 0 aliphatic heterocycles. The number of thioether (sulfide) groups is 1. The van der Waals surface area contributed by atoms with E-state index in [2.05, 4.69) is 19.2 Å². The fourth-order valence-corrected chi connectivity index (χ4v) is 3.01. The van der Waals surface area contributed by atoms with Crippen LogP contribution < -0.4 is 0 Å². The number of rotatable bonds is 5. The number of nitrogens with zero attached hydrogens (tertiary/aromatic N) is 2. The van der Waals surface area contributed by atoms with Crippen LogP contribution in [0.1, 0.15) is 16.7 Å².